The molecule has 30 heavy (non-hydrogen) atoms. The first-order chi connectivity index (χ1) is 14.2. The van der Waals surface area contributed by atoms with Gasteiger partial charge in [-0.15, -0.1) is 0 Å². The largest absolute Gasteiger partial charge is 0.376 e. The van der Waals surface area contributed by atoms with E-state index in [4.69, 9.17) is 4.74 Å². The molecular formula is C25H41FN2O2. The second-order valence-corrected chi connectivity index (χ2v) is 12.3. The third-order valence-electron chi connectivity index (χ3n) is 9.15. The highest BCUT2D eigenvalue weighted by Crippen LogP contribution is 2.60. The first-order valence-corrected chi connectivity index (χ1v) is 12.6. The van der Waals surface area contributed by atoms with E-state index < -0.39 is 5.67 Å². The van der Waals surface area contributed by atoms with E-state index in [0.717, 1.165) is 76.1 Å². The molecule has 2 aliphatic heterocycles. The number of halogens is 1. The van der Waals surface area contributed by atoms with Gasteiger partial charge in [-0.25, -0.2) is 4.39 Å². The van der Waals surface area contributed by atoms with Crippen LogP contribution in [0.4, 0.5) is 4.39 Å². The molecule has 4 saturated carbocycles. The highest BCUT2D eigenvalue weighted by molar-refractivity contribution is 5.83. The van der Waals surface area contributed by atoms with Crippen molar-refractivity contribution in [1.82, 2.24) is 10.2 Å². The van der Waals surface area contributed by atoms with Crippen molar-refractivity contribution < 1.29 is 13.9 Å². The summed E-state index contributed by atoms with van der Waals surface area (Å²) in [4.78, 5) is 15.6. The normalized spacial score (nSPS) is 42.2. The fourth-order valence-corrected chi connectivity index (χ4v) is 8.01. The number of ether oxygens (including phenoxy) is 1. The molecule has 1 N–H and O–H groups in total. The number of piperidine rings is 1. The van der Waals surface area contributed by atoms with E-state index in [9.17, 15) is 4.79 Å². The van der Waals surface area contributed by atoms with Crippen LogP contribution in [0.25, 0.3) is 0 Å². The summed E-state index contributed by atoms with van der Waals surface area (Å²) in [6.07, 6.45) is 10.5. The van der Waals surface area contributed by atoms with Gasteiger partial charge in [-0.3, -0.25) is 4.79 Å². The van der Waals surface area contributed by atoms with Gasteiger partial charge < -0.3 is 15.0 Å². The number of carbonyl (C=O) groups excluding carboxylic acids is 1. The predicted molar refractivity (Wildman–Crippen MR) is 116 cm³/mol. The molecule has 6 aliphatic rings. The number of hydrogen-bond acceptors (Lipinski definition) is 3. The van der Waals surface area contributed by atoms with Gasteiger partial charge in [0.15, 0.2) is 0 Å². The standard InChI is InChI=1S/C25H41FN2O2/c1-23(2)12-18(3-8-30-23)16-28-6-4-25(26,5-7-28)17-27-22(29)24-13-19-9-20(14-24)11-21(10-19)15-24/h18-21H,3-17H2,1-2H3,(H,27,29). The third kappa shape index (κ3) is 4.30. The first-order valence-electron chi connectivity index (χ1n) is 12.6. The van der Waals surface area contributed by atoms with Crippen LogP contribution in [0.1, 0.15) is 78.1 Å². The van der Waals surface area contributed by atoms with Gasteiger partial charge in [0, 0.05) is 31.7 Å². The minimum absolute atomic E-state index is 0.0237. The molecule has 0 aromatic heterocycles. The molecule has 0 radical (unpaired) electrons. The van der Waals surface area contributed by atoms with Crippen molar-refractivity contribution in [2.24, 2.45) is 29.1 Å². The molecule has 0 aromatic carbocycles. The first kappa shape index (κ1) is 21.2. The van der Waals surface area contributed by atoms with E-state index in [2.05, 4.69) is 24.1 Å². The predicted octanol–water partition coefficient (Wildman–Crippen LogP) is 4.33. The molecule has 4 nitrogen and oxygen atoms in total. The summed E-state index contributed by atoms with van der Waals surface area (Å²) in [5, 5.41) is 3.11. The maximum atomic E-state index is 15.5. The summed E-state index contributed by atoms with van der Waals surface area (Å²) in [5.74, 6) is 3.07. The molecule has 1 atom stereocenters. The molecule has 4 aliphatic carbocycles. The van der Waals surface area contributed by atoms with Crippen molar-refractivity contribution in [3.8, 4) is 0 Å². The van der Waals surface area contributed by atoms with Crippen LogP contribution in [-0.4, -0.2) is 54.9 Å². The SMILES string of the molecule is CC1(C)CC(CN2CCC(F)(CNC(=O)C34CC5CC(CC(C5)C3)C4)CC2)CCO1. The summed E-state index contributed by atoms with van der Waals surface area (Å²) in [7, 11) is 0. The van der Waals surface area contributed by atoms with Crippen molar-refractivity contribution >= 4 is 5.91 Å². The van der Waals surface area contributed by atoms with Crippen molar-refractivity contribution in [2.45, 2.75) is 89.3 Å². The van der Waals surface area contributed by atoms with Crippen LogP contribution in [0.3, 0.4) is 0 Å². The van der Waals surface area contributed by atoms with Crippen LogP contribution in [0.2, 0.25) is 0 Å². The maximum absolute atomic E-state index is 15.5. The topological polar surface area (TPSA) is 41.6 Å². The van der Waals surface area contributed by atoms with Crippen molar-refractivity contribution in [1.29, 1.82) is 0 Å². The molecule has 2 heterocycles. The smallest absolute Gasteiger partial charge is 0.226 e. The molecule has 6 fully saturated rings. The number of likely N-dealkylation sites (tertiary alicyclic amines) is 1. The Balaban J connectivity index is 1.10. The van der Waals surface area contributed by atoms with E-state index in [0.29, 0.717) is 18.8 Å². The zero-order chi connectivity index (χ0) is 21.0. The van der Waals surface area contributed by atoms with Gasteiger partial charge in [0.1, 0.15) is 5.67 Å². The Morgan fingerprint density at radius 3 is 2.20 bits per heavy atom. The Labute approximate surface area is 181 Å². The van der Waals surface area contributed by atoms with E-state index >= 15 is 4.39 Å². The van der Waals surface area contributed by atoms with E-state index in [1.807, 2.05) is 0 Å². The van der Waals surface area contributed by atoms with Gasteiger partial charge in [0.25, 0.3) is 0 Å². The Kier molecular flexibility index (Phi) is 5.45. The lowest BCUT2D eigenvalue weighted by Gasteiger charge is -2.55. The fraction of sp³-hybridized carbons (Fsp3) is 0.960. The summed E-state index contributed by atoms with van der Waals surface area (Å²) in [6, 6.07) is 0. The lowest BCUT2D eigenvalue weighted by Crippen LogP contribution is -2.56. The van der Waals surface area contributed by atoms with Gasteiger partial charge in [0.05, 0.1) is 12.1 Å². The molecule has 170 valence electrons. The number of rotatable bonds is 5. The average molecular weight is 421 g/mol. The highest BCUT2D eigenvalue weighted by Gasteiger charge is 2.54. The number of nitrogens with zero attached hydrogens (tertiary/aromatic N) is 1. The Morgan fingerprint density at radius 1 is 1.03 bits per heavy atom. The van der Waals surface area contributed by atoms with Crippen LogP contribution in [-0.2, 0) is 9.53 Å². The van der Waals surface area contributed by atoms with Gasteiger partial charge in [-0.1, -0.05) is 0 Å². The Morgan fingerprint density at radius 2 is 1.63 bits per heavy atom. The molecule has 4 bridgehead atoms. The fourth-order valence-electron chi connectivity index (χ4n) is 8.01. The molecule has 1 unspecified atom stereocenters. The van der Waals surface area contributed by atoms with E-state index in [1.165, 1.54) is 19.3 Å². The van der Waals surface area contributed by atoms with E-state index in [1.54, 1.807) is 0 Å². The molecular weight excluding hydrogens is 379 g/mol. The zero-order valence-electron chi connectivity index (χ0n) is 19.1. The second kappa shape index (κ2) is 7.72. The molecule has 0 aromatic rings. The van der Waals surface area contributed by atoms with Gasteiger partial charge in [-0.2, -0.15) is 0 Å². The monoisotopic (exact) mass is 420 g/mol. The Hall–Kier alpha value is -0.680. The lowest BCUT2D eigenvalue weighted by atomic mass is 9.49. The van der Waals surface area contributed by atoms with Crippen molar-refractivity contribution in [2.75, 3.05) is 32.8 Å². The van der Waals surface area contributed by atoms with Gasteiger partial charge in [-0.05, 0) is 102 Å². The van der Waals surface area contributed by atoms with Crippen LogP contribution in [0, 0.1) is 29.1 Å². The maximum Gasteiger partial charge on any atom is 0.226 e. The Bertz CT molecular complexity index is 620. The molecule has 5 heteroatoms. The van der Waals surface area contributed by atoms with Crippen molar-refractivity contribution in [3.63, 3.8) is 0 Å². The molecule has 2 saturated heterocycles. The number of hydrogen-bond donors (Lipinski definition) is 1. The van der Waals surface area contributed by atoms with Crippen LogP contribution < -0.4 is 5.32 Å². The second-order valence-electron chi connectivity index (χ2n) is 12.3. The van der Waals surface area contributed by atoms with Crippen LogP contribution >= 0.6 is 0 Å². The number of alkyl halides is 1. The van der Waals surface area contributed by atoms with Gasteiger partial charge >= 0.3 is 0 Å². The van der Waals surface area contributed by atoms with Gasteiger partial charge in [0.2, 0.25) is 5.91 Å². The summed E-state index contributed by atoms with van der Waals surface area (Å²) >= 11 is 0. The highest BCUT2D eigenvalue weighted by atomic mass is 19.1. The summed E-state index contributed by atoms with van der Waals surface area (Å²) in [5.41, 5.74) is -1.42. The number of amides is 1. The quantitative estimate of drug-likeness (QED) is 0.720. The van der Waals surface area contributed by atoms with Crippen LogP contribution in [0.5, 0.6) is 0 Å². The summed E-state index contributed by atoms with van der Waals surface area (Å²) in [6.45, 7) is 8.08. The zero-order valence-corrected chi connectivity index (χ0v) is 19.1. The molecule has 0 spiro atoms. The average Bonchev–Trinajstić information content (AvgIpc) is 2.66. The minimum Gasteiger partial charge on any atom is -0.376 e. The minimum atomic E-state index is -1.23. The number of nitrogens with one attached hydrogen (secondary N) is 1. The summed E-state index contributed by atoms with van der Waals surface area (Å²) < 4.78 is 21.4. The van der Waals surface area contributed by atoms with E-state index in [-0.39, 0.29) is 23.5 Å². The van der Waals surface area contributed by atoms with Crippen molar-refractivity contribution in [3.05, 3.63) is 0 Å². The molecule has 1 amide bonds. The van der Waals surface area contributed by atoms with Crippen LogP contribution in [0.15, 0.2) is 0 Å². The third-order valence-corrected chi connectivity index (χ3v) is 9.15. The number of carbonyl (C=O) groups is 1. The molecule has 6 rings (SSSR count). The lowest BCUT2D eigenvalue weighted by molar-refractivity contribution is -0.147.